The quantitative estimate of drug-likeness (QED) is 0.835. The van der Waals surface area contributed by atoms with Gasteiger partial charge in [-0.15, -0.1) is 0 Å². The summed E-state index contributed by atoms with van der Waals surface area (Å²) in [7, 11) is 0. The van der Waals surface area contributed by atoms with Crippen molar-refractivity contribution in [1.82, 2.24) is 14.7 Å². The molecule has 2 heterocycles. The highest BCUT2D eigenvalue weighted by atomic mass is 16.2. The third kappa shape index (κ3) is 4.34. The lowest BCUT2D eigenvalue weighted by atomic mass is 9.86. The number of aromatic nitrogens is 2. The summed E-state index contributed by atoms with van der Waals surface area (Å²) in [6.45, 7) is 2.88. The predicted molar refractivity (Wildman–Crippen MR) is 87.3 cm³/mol. The third-order valence-corrected chi connectivity index (χ3v) is 5.46. The standard InChI is InChI=1S/C18H29N3O/c22-18(8-7-16-5-2-1-3-6-16)20-13-9-17(10-14-20)15-21-12-4-11-19-21/h4,11-12,16-17H,1-3,5-10,13-15H2. The zero-order valence-electron chi connectivity index (χ0n) is 13.6. The molecule has 0 radical (unpaired) electrons. The third-order valence-electron chi connectivity index (χ3n) is 5.46. The molecule has 0 spiro atoms. The van der Waals surface area contributed by atoms with Gasteiger partial charge in [-0.1, -0.05) is 32.1 Å². The number of hydrogen-bond donors (Lipinski definition) is 0. The maximum absolute atomic E-state index is 12.4. The number of rotatable bonds is 5. The fourth-order valence-corrected chi connectivity index (χ4v) is 4.00. The van der Waals surface area contributed by atoms with E-state index >= 15 is 0 Å². The molecule has 1 aliphatic carbocycles. The minimum atomic E-state index is 0.392. The fraction of sp³-hybridized carbons (Fsp3) is 0.778. The summed E-state index contributed by atoms with van der Waals surface area (Å²) in [5.74, 6) is 1.88. The van der Waals surface area contributed by atoms with E-state index in [0.717, 1.165) is 51.2 Å². The molecule has 1 saturated heterocycles. The number of carbonyl (C=O) groups excluding carboxylic acids is 1. The molecular weight excluding hydrogens is 274 g/mol. The number of nitrogens with zero attached hydrogens (tertiary/aromatic N) is 3. The first kappa shape index (κ1) is 15.6. The lowest BCUT2D eigenvalue weighted by molar-refractivity contribution is -0.133. The Labute approximate surface area is 133 Å². The molecule has 0 atom stereocenters. The van der Waals surface area contributed by atoms with E-state index in [1.807, 2.05) is 23.1 Å². The highest BCUT2D eigenvalue weighted by Crippen LogP contribution is 2.28. The van der Waals surface area contributed by atoms with Gasteiger partial charge in [0.1, 0.15) is 0 Å². The van der Waals surface area contributed by atoms with E-state index in [1.54, 1.807) is 0 Å². The zero-order valence-corrected chi connectivity index (χ0v) is 13.6. The maximum Gasteiger partial charge on any atom is 0.222 e. The molecule has 1 saturated carbocycles. The van der Waals surface area contributed by atoms with Gasteiger partial charge in [0, 0.05) is 38.4 Å². The lowest BCUT2D eigenvalue weighted by Gasteiger charge is -2.32. The summed E-state index contributed by atoms with van der Waals surface area (Å²) in [5, 5.41) is 4.28. The molecule has 0 aromatic carbocycles. The maximum atomic E-state index is 12.4. The second kappa shape index (κ2) is 7.80. The van der Waals surface area contributed by atoms with Gasteiger partial charge in [-0.05, 0) is 37.2 Å². The van der Waals surface area contributed by atoms with Crippen LogP contribution in [0.1, 0.15) is 57.8 Å². The molecule has 4 heteroatoms. The van der Waals surface area contributed by atoms with Crippen LogP contribution in [0.4, 0.5) is 0 Å². The van der Waals surface area contributed by atoms with Crippen molar-refractivity contribution in [3.8, 4) is 0 Å². The van der Waals surface area contributed by atoms with Crippen LogP contribution in [0.25, 0.3) is 0 Å². The van der Waals surface area contributed by atoms with Gasteiger partial charge in [0.2, 0.25) is 5.91 Å². The Kier molecular flexibility index (Phi) is 5.52. The van der Waals surface area contributed by atoms with Gasteiger partial charge in [0.15, 0.2) is 0 Å². The van der Waals surface area contributed by atoms with Gasteiger partial charge in [-0.25, -0.2) is 0 Å². The molecule has 4 nitrogen and oxygen atoms in total. The minimum Gasteiger partial charge on any atom is -0.343 e. The Morgan fingerprint density at radius 1 is 1.05 bits per heavy atom. The van der Waals surface area contributed by atoms with Crippen molar-refractivity contribution in [2.75, 3.05) is 13.1 Å². The molecular formula is C18H29N3O. The molecule has 2 aliphatic rings. The van der Waals surface area contributed by atoms with Crippen LogP contribution in [-0.4, -0.2) is 33.7 Å². The number of carbonyl (C=O) groups is 1. The van der Waals surface area contributed by atoms with Crippen LogP contribution >= 0.6 is 0 Å². The largest absolute Gasteiger partial charge is 0.343 e. The molecule has 0 N–H and O–H groups in total. The monoisotopic (exact) mass is 303 g/mol. The summed E-state index contributed by atoms with van der Waals surface area (Å²) in [6.07, 6.45) is 14.8. The minimum absolute atomic E-state index is 0.392. The first-order valence-corrected chi connectivity index (χ1v) is 9.06. The van der Waals surface area contributed by atoms with Crippen LogP contribution in [0.15, 0.2) is 18.5 Å². The van der Waals surface area contributed by atoms with Gasteiger partial charge in [0.25, 0.3) is 0 Å². The number of amides is 1. The summed E-state index contributed by atoms with van der Waals surface area (Å²) < 4.78 is 2.02. The van der Waals surface area contributed by atoms with Gasteiger partial charge >= 0.3 is 0 Å². The van der Waals surface area contributed by atoms with Crippen molar-refractivity contribution in [2.24, 2.45) is 11.8 Å². The molecule has 0 bridgehead atoms. The molecule has 1 aliphatic heterocycles. The van der Waals surface area contributed by atoms with Crippen LogP contribution in [0.3, 0.4) is 0 Å². The van der Waals surface area contributed by atoms with Crippen LogP contribution < -0.4 is 0 Å². The molecule has 1 aromatic heterocycles. The van der Waals surface area contributed by atoms with Crippen molar-refractivity contribution in [1.29, 1.82) is 0 Å². The second-order valence-electron chi connectivity index (χ2n) is 7.09. The first-order valence-electron chi connectivity index (χ1n) is 9.06. The van der Waals surface area contributed by atoms with Crippen molar-refractivity contribution < 1.29 is 4.79 Å². The fourth-order valence-electron chi connectivity index (χ4n) is 4.00. The molecule has 122 valence electrons. The van der Waals surface area contributed by atoms with Gasteiger partial charge < -0.3 is 4.90 Å². The number of piperidine rings is 1. The number of hydrogen-bond acceptors (Lipinski definition) is 2. The number of likely N-dealkylation sites (tertiary alicyclic amines) is 1. The van der Waals surface area contributed by atoms with E-state index < -0.39 is 0 Å². The molecule has 1 amide bonds. The Morgan fingerprint density at radius 3 is 2.50 bits per heavy atom. The Balaban J connectivity index is 1.36. The molecule has 3 rings (SSSR count). The van der Waals surface area contributed by atoms with Crippen molar-refractivity contribution >= 4 is 5.91 Å². The molecule has 22 heavy (non-hydrogen) atoms. The van der Waals surface area contributed by atoms with Crippen molar-refractivity contribution in [2.45, 2.75) is 64.3 Å². The van der Waals surface area contributed by atoms with Crippen LogP contribution in [0.2, 0.25) is 0 Å². The van der Waals surface area contributed by atoms with Crippen molar-refractivity contribution in [3.05, 3.63) is 18.5 Å². The zero-order chi connectivity index (χ0) is 15.2. The van der Waals surface area contributed by atoms with E-state index in [-0.39, 0.29) is 0 Å². The van der Waals surface area contributed by atoms with E-state index in [4.69, 9.17) is 0 Å². The van der Waals surface area contributed by atoms with Crippen LogP contribution in [0, 0.1) is 11.8 Å². The summed E-state index contributed by atoms with van der Waals surface area (Å²) >= 11 is 0. The molecule has 0 unspecified atom stereocenters. The van der Waals surface area contributed by atoms with E-state index in [0.29, 0.717) is 11.8 Å². The smallest absolute Gasteiger partial charge is 0.222 e. The Morgan fingerprint density at radius 2 is 1.82 bits per heavy atom. The summed E-state index contributed by atoms with van der Waals surface area (Å²) in [6, 6.07) is 1.98. The highest BCUT2D eigenvalue weighted by molar-refractivity contribution is 5.76. The van der Waals surface area contributed by atoms with Gasteiger partial charge in [0.05, 0.1) is 0 Å². The summed E-state index contributed by atoms with van der Waals surface area (Å²) in [5.41, 5.74) is 0. The highest BCUT2D eigenvalue weighted by Gasteiger charge is 2.24. The summed E-state index contributed by atoms with van der Waals surface area (Å²) in [4.78, 5) is 14.5. The van der Waals surface area contributed by atoms with E-state index in [9.17, 15) is 4.79 Å². The molecule has 2 fully saturated rings. The van der Waals surface area contributed by atoms with Crippen molar-refractivity contribution in [3.63, 3.8) is 0 Å². The Bertz CT molecular complexity index is 443. The predicted octanol–water partition coefficient (Wildman–Crippen LogP) is 3.48. The first-order chi connectivity index (χ1) is 10.8. The topological polar surface area (TPSA) is 38.1 Å². The van der Waals surface area contributed by atoms with Crippen LogP contribution in [-0.2, 0) is 11.3 Å². The Hall–Kier alpha value is -1.32. The van der Waals surface area contributed by atoms with E-state index in [1.165, 1.54) is 32.1 Å². The van der Waals surface area contributed by atoms with Crippen LogP contribution in [0.5, 0.6) is 0 Å². The molecule has 1 aromatic rings. The lowest BCUT2D eigenvalue weighted by Crippen LogP contribution is -2.39. The van der Waals surface area contributed by atoms with Gasteiger partial charge in [-0.3, -0.25) is 9.48 Å². The average Bonchev–Trinajstić information content (AvgIpc) is 3.07. The average molecular weight is 303 g/mol. The normalized spacial score (nSPS) is 21.2. The SMILES string of the molecule is O=C(CCC1CCCCC1)N1CCC(Cn2cccn2)CC1. The van der Waals surface area contributed by atoms with E-state index in [2.05, 4.69) is 10.00 Å². The van der Waals surface area contributed by atoms with Gasteiger partial charge in [-0.2, -0.15) is 5.10 Å². The second-order valence-corrected chi connectivity index (χ2v) is 7.09.